The van der Waals surface area contributed by atoms with Crippen molar-refractivity contribution in [2.75, 3.05) is 6.61 Å². The fourth-order valence-corrected chi connectivity index (χ4v) is 2.33. The molecule has 0 saturated carbocycles. The van der Waals surface area contributed by atoms with Gasteiger partial charge < -0.3 is 9.26 Å². The minimum Gasteiger partial charge on any atom is -0.462 e. The number of aldehydes is 1. The number of ether oxygens (including phenoxy) is 1. The summed E-state index contributed by atoms with van der Waals surface area (Å²) in [6.07, 6.45) is 1.79. The van der Waals surface area contributed by atoms with E-state index >= 15 is 0 Å². The van der Waals surface area contributed by atoms with Crippen molar-refractivity contribution < 1.29 is 18.8 Å². The van der Waals surface area contributed by atoms with Gasteiger partial charge in [0.2, 0.25) is 0 Å². The SMILES string of the molecule is CCOC(=O)c1cn(-c2nc3cc(C)ccc3cc2C=O)oc1=O. The molecule has 0 atom stereocenters. The van der Waals surface area contributed by atoms with E-state index < -0.39 is 11.6 Å². The van der Waals surface area contributed by atoms with Gasteiger partial charge in [-0.2, -0.15) is 4.74 Å². The molecule has 7 nitrogen and oxygen atoms in total. The van der Waals surface area contributed by atoms with Crippen LogP contribution in [0.1, 0.15) is 33.2 Å². The number of aromatic nitrogens is 2. The van der Waals surface area contributed by atoms with Gasteiger partial charge in [0.15, 0.2) is 17.7 Å². The van der Waals surface area contributed by atoms with E-state index in [-0.39, 0.29) is 23.6 Å². The maximum Gasteiger partial charge on any atom is 0.372 e. The molecule has 7 heteroatoms. The van der Waals surface area contributed by atoms with E-state index in [1.807, 2.05) is 25.1 Å². The second kappa shape index (κ2) is 6.11. The minimum atomic E-state index is -0.851. The molecule has 1 aromatic carbocycles. The smallest absolute Gasteiger partial charge is 0.372 e. The molecule has 2 aromatic heterocycles. The first-order valence-corrected chi connectivity index (χ1v) is 7.30. The van der Waals surface area contributed by atoms with E-state index in [0.29, 0.717) is 11.8 Å². The molecular weight excluding hydrogens is 312 g/mol. The molecule has 0 unspecified atom stereocenters. The Hall–Kier alpha value is -3.22. The van der Waals surface area contributed by atoms with Gasteiger partial charge in [-0.25, -0.2) is 14.6 Å². The highest BCUT2D eigenvalue weighted by Crippen LogP contribution is 2.20. The van der Waals surface area contributed by atoms with Gasteiger partial charge in [-0.15, -0.1) is 0 Å². The van der Waals surface area contributed by atoms with Crippen LogP contribution < -0.4 is 5.63 Å². The van der Waals surface area contributed by atoms with Gasteiger partial charge in [0.05, 0.1) is 23.9 Å². The van der Waals surface area contributed by atoms with Gasteiger partial charge in [-0.05, 0) is 31.5 Å². The number of nitrogens with zero attached hydrogens (tertiary/aromatic N) is 2. The van der Waals surface area contributed by atoms with Crippen LogP contribution in [0.3, 0.4) is 0 Å². The lowest BCUT2D eigenvalue weighted by atomic mass is 10.1. The summed E-state index contributed by atoms with van der Waals surface area (Å²) < 4.78 is 10.8. The first kappa shape index (κ1) is 15.7. The molecule has 3 aromatic rings. The van der Waals surface area contributed by atoms with Gasteiger partial charge >= 0.3 is 11.6 Å². The molecule has 0 radical (unpaired) electrons. The molecule has 24 heavy (non-hydrogen) atoms. The average Bonchev–Trinajstić information content (AvgIpc) is 2.95. The third kappa shape index (κ3) is 2.71. The molecule has 2 heterocycles. The van der Waals surface area contributed by atoms with E-state index in [9.17, 15) is 14.4 Å². The van der Waals surface area contributed by atoms with Crippen LogP contribution in [0.5, 0.6) is 0 Å². The second-order valence-corrected chi connectivity index (χ2v) is 5.18. The quantitative estimate of drug-likeness (QED) is 0.539. The molecule has 0 N–H and O–H groups in total. The van der Waals surface area contributed by atoms with Gasteiger partial charge in [0, 0.05) is 5.39 Å². The van der Waals surface area contributed by atoms with Gasteiger partial charge in [0.25, 0.3) is 0 Å². The van der Waals surface area contributed by atoms with Crippen LogP contribution in [0.15, 0.2) is 39.8 Å². The average molecular weight is 326 g/mol. The van der Waals surface area contributed by atoms with E-state index in [4.69, 9.17) is 9.26 Å². The Morgan fingerprint density at radius 2 is 2.17 bits per heavy atom. The number of fused-ring (bicyclic) bond motifs is 1. The summed E-state index contributed by atoms with van der Waals surface area (Å²) in [6, 6.07) is 7.26. The summed E-state index contributed by atoms with van der Waals surface area (Å²) in [5.74, 6) is -0.648. The van der Waals surface area contributed by atoms with Crippen molar-refractivity contribution in [1.82, 2.24) is 9.72 Å². The zero-order valence-corrected chi connectivity index (χ0v) is 13.1. The van der Waals surface area contributed by atoms with Crippen LogP contribution in [-0.2, 0) is 4.74 Å². The third-order valence-electron chi connectivity index (χ3n) is 3.46. The maximum atomic E-state index is 11.8. The van der Waals surface area contributed by atoms with Crippen LogP contribution in [-0.4, -0.2) is 28.6 Å². The van der Waals surface area contributed by atoms with E-state index in [0.717, 1.165) is 15.7 Å². The summed E-state index contributed by atoms with van der Waals surface area (Å²) in [5.41, 5.74) is 0.780. The van der Waals surface area contributed by atoms with E-state index in [1.165, 1.54) is 6.20 Å². The minimum absolute atomic E-state index is 0.135. The molecule has 0 bridgehead atoms. The van der Waals surface area contributed by atoms with Gasteiger partial charge in [0.1, 0.15) is 0 Å². The van der Waals surface area contributed by atoms with E-state index in [2.05, 4.69) is 4.98 Å². The summed E-state index contributed by atoms with van der Waals surface area (Å²) >= 11 is 0. The van der Waals surface area contributed by atoms with E-state index in [1.54, 1.807) is 13.0 Å². The molecule has 3 rings (SSSR count). The lowest BCUT2D eigenvalue weighted by Crippen LogP contribution is -2.12. The topological polar surface area (TPSA) is 91.4 Å². The Bertz CT molecular complexity index is 1000. The predicted octanol–water partition coefficient (Wildman–Crippen LogP) is 2.28. The Labute approximate surface area is 136 Å². The summed E-state index contributed by atoms with van der Waals surface area (Å²) in [6.45, 7) is 3.69. The van der Waals surface area contributed by atoms with Gasteiger partial charge in [-0.3, -0.25) is 4.79 Å². The van der Waals surface area contributed by atoms with Crippen LogP contribution in [0.25, 0.3) is 16.7 Å². The number of rotatable bonds is 4. The molecule has 0 aliphatic heterocycles. The highest BCUT2D eigenvalue weighted by molar-refractivity contribution is 5.90. The summed E-state index contributed by atoms with van der Waals surface area (Å²) in [5, 5.41) is 0.784. The maximum absolute atomic E-state index is 11.8. The van der Waals surface area contributed by atoms with Crippen LogP contribution in [0.4, 0.5) is 0 Å². The zero-order chi connectivity index (χ0) is 17.3. The van der Waals surface area contributed by atoms with Crippen molar-refractivity contribution in [3.05, 3.63) is 57.6 Å². The first-order valence-electron chi connectivity index (χ1n) is 7.30. The number of carbonyl (C=O) groups excluding carboxylic acids is 2. The number of aryl methyl sites for hydroxylation is 1. The molecule has 122 valence electrons. The molecule has 0 spiro atoms. The van der Waals surface area contributed by atoms with Crippen molar-refractivity contribution in [3.63, 3.8) is 0 Å². The lowest BCUT2D eigenvalue weighted by Gasteiger charge is -2.06. The Morgan fingerprint density at radius 1 is 1.38 bits per heavy atom. The Morgan fingerprint density at radius 3 is 2.88 bits per heavy atom. The van der Waals surface area contributed by atoms with Gasteiger partial charge in [-0.1, -0.05) is 12.1 Å². The first-order chi connectivity index (χ1) is 11.5. The molecular formula is C17H14N2O5. The molecule has 0 aliphatic carbocycles. The summed E-state index contributed by atoms with van der Waals surface area (Å²) in [4.78, 5) is 39.3. The highest BCUT2D eigenvalue weighted by Gasteiger charge is 2.19. The van der Waals surface area contributed by atoms with Crippen molar-refractivity contribution in [2.45, 2.75) is 13.8 Å². The fraction of sp³-hybridized carbons (Fsp3) is 0.176. The fourth-order valence-electron chi connectivity index (χ4n) is 2.33. The number of pyridine rings is 1. The predicted molar refractivity (Wildman–Crippen MR) is 85.7 cm³/mol. The normalized spacial score (nSPS) is 10.8. The van der Waals surface area contributed by atoms with Crippen molar-refractivity contribution in [1.29, 1.82) is 0 Å². The van der Waals surface area contributed by atoms with Crippen LogP contribution in [0, 0.1) is 6.92 Å². The zero-order valence-electron chi connectivity index (χ0n) is 13.1. The summed E-state index contributed by atoms with van der Waals surface area (Å²) in [7, 11) is 0. The molecule has 0 aliphatic rings. The second-order valence-electron chi connectivity index (χ2n) is 5.18. The van der Waals surface area contributed by atoms with Crippen molar-refractivity contribution in [2.24, 2.45) is 0 Å². The van der Waals surface area contributed by atoms with Crippen LogP contribution >= 0.6 is 0 Å². The van der Waals surface area contributed by atoms with Crippen molar-refractivity contribution in [3.8, 4) is 5.82 Å². The number of hydrogen-bond donors (Lipinski definition) is 0. The molecule has 0 saturated heterocycles. The number of benzene rings is 1. The number of hydrogen-bond acceptors (Lipinski definition) is 6. The largest absolute Gasteiger partial charge is 0.462 e. The standard InChI is InChI=1S/C17H14N2O5/c1-3-23-16(21)13-8-19(24-17(13)22)15-12(9-20)7-11-5-4-10(2)6-14(11)18-15/h4-9H,3H2,1-2H3. The molecule has 0 amide bonds. The third-order valence-corrected chi connectivity index (χ3v) is 3.46. The van der Waals surface area contributed by atoms with Crippen molar-refractivity contribution >= 4 is 23.2 Å². The highest BCUT2D eigenvalue weighted by atomic mass is 16.5. The number of carbonyl (C=O) groups is 2. The lowest BCUT2D eigenvalue weighted by molar-refractivity contribution is 0.0523. The Kier molecular flexibility index (Phi) is 3.99. The molecule has 0 fully saturated rings. The monoisotopic (exact) mass is 326 g/mol. The van der Waals surface area contributed by atoms with Crippen LogP contribution in [0.2, 0.25) is 0 Å². The number of esters is 1. The Balaban J connectivity index is 2.18.